The van der Waals surface area contributed by atoms with Crippen molar-refractivity contribution in [1.82, 2.24) is 9.13 Å². The molecule has 0 bridgehead atoms. The van der Waals surface area contributed by atoms with E-state index in [1.807, 2.05) is 6.92 Å². The highest BCUT2D eigenvalue weighted by atomic mass is 79.9. The summed E-state index contributed by atoms with van der Waals surface area (Å²) in [5.41, 5.74) is 0.660. The van der Waals surface area contributed by atoms with Gasteiger partial charge in [-0.1, -0.05) is 15.9 Å². The summed E-state index contributed by atoms with van der Waals surface area (Å²) in [5, 5.41) is 19.4. The highest BCUT2D eigenvalue weighted by Gasteiger charge is 2.19. The van der Waals surface area contributed by atoms with Crippen LogP contribution in [0.4, 0.5) is 11.4 Å². The van der Waals surface area contributed by atoms with Gasteiger partial charge in [-0.3, -0.25) is 13.9 Å². The van der Waals surface area contributed by atoms with Crippen molar-refractivity contribution in [2.75, 3.05) is 13.7 Å². The molecule has 0 aliphatic carbocycles. The fourth-order valence-corrected chi connectivity index (χ4v) is 3.98. The van der Waals surface area contributed by atoms with Gasteiger partial charge in [0.2, 0.25) is 11.6 Å². The zero-order valence-corrected chi connectivity index (χ0v) is 21.3. The van der Waals surface area contributed by atoms with Gasteiger partial charge in [-0.25, -0.2) is 0 Å². The van der Waals surface area contributed by atoms with Crippen LogP contribution in [0.3, 0.4) is 0 Å². The lowest BCUT2D eigenvalue weighted by Gasteiger charge is -2.16. The van der Waals surface area contributed by atoms with Crippen LogP contribution in [-0.2, 0) is 0 Å². The highest BCUT2D eigenvalue weighted by molar-refractivity contribution is 9.10. The number of halogens is 1. The summed E-state index contributed by atoms with van der Waals surface area (Å²) in [6.07, 6.45) is 0. The largest absolute Gasteiger partial charge is 0.497 e. The standard InChI is InChI=1S/C25H21BrN4O4S/c1-3-34-21-12-6-17(7-13-21)27-28-22-23(31)29(18-8-4-16(26)5-9-18)25(35)30(24(22)32)19-10-14-20(33-2)15-11-19/h4-15,31H,3H2,1-2H3. The minimum Gasteiger partial charge on any atom is -0.497 e. The van der Waals surface area contributed by atoms with Crippen molar-refractivity contribution in [1.29, 1.82) is 0 Å². The first kappa shape index (κ1) is 24.4. The third kappa shape index (κ3) is 5.18. The Morgan fingerprint density at radius 1 is 0.886 bits per heavy atom. The van der Waals surface area contributed by atoms with Gasteiger partial charge in [-0.2, -0.15) is 5.11 Å². The third-order valence-electron chi connectivity index (χ3n) is 5.04. The molecule has 1 N–H and O–H groups in total. The Hall–Kier alpha value is -3.76. The van der Waals surface area contributed by atoms with E-state index in [1.165, 1.54) is 9.13 Å². The summed E-state index contributed by atoms with van der Waals surface area (Å²) in [5.74, 6) is 0.907. The molecule has 35 heavy (non-hydrogen) atoms. The Bertz CT molecular complexity index is 1480. The van der Waals surface area contributed by atoms with Crippen molar-refractivity contribution in [3.05, 3.63) is 92.4 Å². The molecule has 10 heteroatoms. The normalized spacial score (nSPS) is 11.1. The summed E-state index contributed by atoms with van der Waals surface area (Å²) >= 11 is 9.04. The Morgan fingerprint density at radius 3 is 2.06 bits per heavy atom. The predicted octanol–water partition coefficient (Wildman–Crippen LogP) is 6.65. The Morgan fingerprint density at radius 2 is 1.46 bits per heavy atom. The van der Waals surface area contributed by atoms with Crippen LogP contribution in [0, 0.1) is 4.77 Å². The van der Waals surface area contributed by atoms with E-state index in [1.54, 1.807) is 79.9 Å². The molecule has 0 saturated carbocycles. The average molecular weight is 553 g/mol. The van der Waals surface area contributed by atoms with E-state index >= 15 is 0 Å². The molecule has 4 aromatic rings. The van der Waals surface area contributed by atoms with Crippen LogP contribution in [0.1, 0.15) is 6.92 Å². The number of rotatable bonds is 7. The lowest BCUT2D eigenvalue weighted by Crippen LogP contribution is -2.23. The second-order valence-electron chi connectivity index (χ2n) is 7.23. The summed E-state index contributed by atoms with van der Waals surface area (Å²) in [6, 6.07) is 20.9. The van der Waals surface area contributed by atoms with Crippen LogP contribution in [0.5, 0.6) is 17.4 Å². The first-order valence-electron chi connectivity index (χ1n) is 10.6. The third-order valence-corrected chi connectivity index (χ3v) is 5.93. The second-order valence-corrected chi connectivity index (χ2v) is 8.51. The van der Waals surface area contributed by atoms with Crippen LogP contribution in [-0.4, -0.2) is 28.0 Å². The molecule has 4 rings (SSSR count). The van der Waals surface area contributed by atoms with Crippen molar-refractivity contribution < 1.29 is 14.6 Å². The van der Waals surface area contributed by atoms with Crippen molar-refractivity contribution in [2.45, 2.75) is 6.92 Å². The lowest BCUT2D eigenvalue weighted by molar-refractivity contribution is 0.340. The molecule has 0 aliphatic rings. The van der Waals surface area contributed by atoms with Crippen LogP contribution >= 0.6 is 28.1 Å². The van der Waals surface area contributed by atoms with Crippen LogP contribution < -0.4 is 15.0 Å². The fourth-order valence-electron chi connectivity index (χ4n) is 3.34. The van der Waals surface area contributed by atoms with E-state index in [-0.39, 0.29) is 10.5 Å². The maximum Gasteiger partial charge on any atom is 0.290 e. The molecule has 0 unspecified atom stereocenters. The first-order chi connectivity index (χ1) is 16.9. The molecule has 0 atom stereocenters. The van der Waals surface area contributed by atoms with E-state index in [9.17, 15) is 9.90 Å². The maximum absolute atomic E-state index is 13.5. The Kier molecular flexibility index (Phi) is 7.42. The fraction of sp³-hybridized carbons (Fsp3) is 0.120. The highest BCUT2D eigenvalue weighted by Crippen LogP contribution is 2.30. The molecular formula is C25H21BrN4O4S. The smallest absolute Gasteiger partial charge is 0.290 e. The predicted molar refractivity (Wildman–Crippen MR) is 140 cm³/mol. The van der Waals surface area contributed by atoms with Gasteiger partial charge in [0.05, 0.1) is 30.8 Å². The van der Waals surface area contributed by atoms with Crippen molar-refractivity contribution >= 4 is 39.5 Å². The van der Waals surface area contributed by atoms with E-state index in [0.717, 1.165) is 4.47 Å². The summed E-state index contributed by atoms with van der Waals surface area (Å²) in [7, 11) is 1.56. The monoisotopic (exact) mass is 552 g/mol. The molecule has 3 aromatic carbocycles. The zero-order chi connectivity index (χ0) is 24.9. The SMILES string of the molecule is CCOc1ccc(N=Nc2c(O)n(-c3ccc(Br)cc3)c(=S)n(-c3ccc(OC)cc3)c2=O)cc1. The van der Waals surface area contributed by atoms with Gasteiger partial charge in [0.15, 0.2) is 4.77 Å². The molecule has 0 spiro atoms. The molecule has 0 fully saturated rings. The van der Waals surface area contributed by atoms with Crippen molar-refractivity contribution in [3.63, 3.8) is 0 Å². The topological polar surface area (TPSA) is 90.3 Å². The molecule has 178 valence electrons. The van der Waals surface area contributed by atoms with Crippen molar-refractivity contribution in [2.24, 2.45) is 10.2 Å². The number of hydrogen-bond donors (Lipinski definition) is 1. The number of ether oxygens (including phenoxy) is 2. The lowest BCUT2D eigenvalue weighted by atomic mass is 10.3. The van der Waals surface area contributed by atoms with Gasteiger partial charge in [-0.15, -0.1) is 5.11 Å². The quantitative estimate of drug-likeness (QED) is 0.205. The van der Waals surface area contributed by atoms with Crippen LogP contribution in [0.25, 0.3) is 11.4 Å². The number of benzene rings is 3. The average Bonchev–Trinajstić information content (AvgIpc) is 2.86. The van der Waals surface area contributed by atoms with Crippen LogP contribution in [0.2, 0.25) is 0 Å². The van der Waals surface area contributed by atoms with Gasteiger partial charge in [0.25, 0.3) is 5.56 Å². The molecule has 0 aliphatic heterocycles. The van der Waals surface area contributed by atoms with E-state index in [0.29, 0.717) is 35.2 Å². The first-order valence-corrected chi connectivity index (χ1v) is 11.8. The maximum atomic E-state index is 13.5. The van der Waals surface area contributed by atoms with Crippen molar-refractivity contribution in [3.8, 4) is 28.8 Å². The van der Waals surface area contributed by atoms with E-state index < -0.39 is 11.4 Å². The molecular weight excluding hydrogens is 532 g/mol. The number of methoxy groups -OCH3 is 1. The Labute approximate surface area is 214 Å². The van der Waals surface area contributed by atoms with Gasteiger partial charge < -0.3 is 14.6 Å². The second kappa shape index (κ2) is 10.7. The van der Waals surface area contributed by atoms with Gasteiger partial charge in [0, 0.05) is 4.47 Å². The minimum atomic E-state index is -0.610. The summed E-state index contributed by atoms with van der Waals surface area (Å²) < 4.78 is 14.2. The van der Waals surface area contributed by atoms with E-state index in [2.05, 4.69) is 26.2 Å². The molecule has 1 heterocycles. The number of nitrogens with zero attached hydrogens (tertiary/aromatic N) is 4. The molecule has 0 radical (unpaired) electrons. The number of azo groups is 1. The number of aromatic nitrogens is 2. The molecule has 1 aromatic heterocycles. The summed E-state index contributed by atoms with van der Waals surface area (Å²) in [4.78, 5) is 13.5. The minimum absolute atomic E-state index is 0.0695. The molecule has 8 nitrogen and oxygen atoms in total. The van der Waals surface area contributed by atoms with Gasteiger partial charge in [-0.05, 0) is 91.9 Å². The van der Waals surface area contributed by atoms with Crippen LogP contribution in [0.15, 0.2) is 92.3 Å². The Balaban J connectivity index is 1.90. The van der Waals surface area contributed by atoms with Gasteiger partial charge in [0.1, 0.15) is 11.5 Å². The molecule has 0 amide bonds. The molecule has 0 saturated heterocycles. The number of hydrogen-bond acceptors (Lipinski definition) is 7. The zero-order valence-electron chi connectivity index (χ0n) is 18.9. The van der Waals surface area contributed by atoms with E-state index in [4.69, 9.17) is 21.7 Å². The number of aromatic hydroxyl groups is 1. The summed E-state index contributed by atoms with van der Waals surface area (Å²) in [6.45, 7) is 2.44. The van der Waals surface area contributed by atoms with Gasteiger partial charge >= 0.3 is 0 Å².